The van der Waals surface area contributed by atoms with Crippen molar-refractivity contribution in [1.82, 2.24) is 0 Å². The molecule has 0 radical (unpaired) electrons. The van der Waals surface area contributed by atoms with E-state index in [9.17, 15) is 0 Å². The van der Waals surface area contributed by atoms with Gasteiger partial charge in [-0.3, -0.25) is 0 Å². The molecule has 1 aliphatic carbocycles. The van der Waals surface area contributed by atoms with Gasteiger partial charge in [-0.15, -0.1) is 0 Å². The number of hydrogen-bond acceptors (Lipinski definition) is 0. The van der Waals surface area contributed by atoms with Gasteiger partial charge in [0.1, 0.15) is 0 Å². The molecule has 2 heteroatoms. The van der Waals surface area contributed by atoms with Crippen LogP contribution in [0.3, 0.4) is 0 Å². The first-order valence-electron chi connectivity index (χ1n) is 3.88. The molecule has 0 saturated carbocycles. The fraction of sp³-hybridized carbons (Fsp3) is 0.400. The van der Waals surface area contributed by atoms with Gasteiger partial charge in [0.25, 0.3) is 0 Å². The van der Waals surface area contributed by atoms with Crippen LogP contribution in [-0.4, -0.2) is 5.33 Å². The summed E-state index contributed by atoms with van der Waals surface area (Å²) in [6, 6.07) is 0. The molecule has 0 saturated heterocycles. The molecule has 66 valence electrons. The normalized spacial score (nSPS) is 21.3. The molecule has 1 rings (SSSR count). The molecule has 0 heterocycles. The van der Waals surface area contributed by atoms with Gasteiger partial charge in [-0.25, -0.2) is 0 Å². The van der Waals surface area contributed by atoms with Crippen molar-refractivity contribution in [1.29, 1.82) is 0 Å². The van der Waals surface area contributed by atoms with Gasteiger partial charge in [0, 0.05) is 15.2 Å². The number of allylic oxidation sites excluding steroid dienone is 6. The van der Waals surface area contributed by atoms with E-state index in [1.807, 2.05) is 0 Å². The largest absolute Gasteiger partial charge is 0.0876 e. The van der Waals surface area contributed by atoms with Crippen molar-refractivity contribution in [2.75, 3.05) is 5.33 Å². The van der Waals surface area contributed by atoms with E-state index in [0.717, 1.165) is 9.81 Å². The van der Waals surface area contributed by atoms with Crippen LogP contribution in [0.4, 0.5) is 0 Å². The minimum atomic E-state index is 0.152. The van der Waals surface area contributed by atoms with Gasteiger partial charge < -0.3 is 0 Å². The molecule has 0 fully saturated rings. The summed E-state index contributed by atoms with van der Waals surface area (Å²) in [6.45, 7) is 4.38. The molecular weight excluding hydrogens is 280 g/mol. The van der Waals surface area contributed by atoms with Gasteiger partial charge in [0.05, 0.1) is 0 Å². The van der Waals surface area contributed by atoms with E-state index in [0.29, 0.717) is 0 Å². The SMILES string of the molecule is CC1(C)C=CC(CBr)=CC(Br)=C1. The van der Waals surface area contributed by atoms with Crippen molar-refractivity contribution < 1.29 is 0 Å². The van der Waals surface area contributed by atoms with Crippen molar-refractivity contribution in [3.8, 4) is 0 Å². The third kappa shape index (κ3) is 2.91. The molecule has 0 nitrogen and oxygen atoms in total. The maximum Gasteiger partial charge on any atom is 0.0283 e. The molecular formula is C10H12Br2. The lowest BCUT2D eigenvalue weighted by Gasteiger charge is -2.13. The number of hydrogen-bond donors (Lipinski definition) is 0. The Kier molecular flexibility index (Phi) is 3.36. The monoisotopic (exact) mass is 290 g/mol. The van der Waals surface area contributed by atoms with Crippen LogP contribution in [0.15, 0.2) is 34.4 Å². The van der Waals surface area contributed by atoms with Crippen molar-refractivity contribution >= 4 is 31.9 Å². The van der Waals surface area contributed by atoms with Gasteiger partial charge in [-0.1, -0.05) is 63.9 Å². The Morgan fingerprint density at radius 2 is 2.08 bits per heavy atom. The molecule has 0 bridgehead atoms. The predicted molar refractivity (Wildman–Crippen MR) is 61.8 cm³/mol. The summed E-state index contributed by atoms with van der Waals surface area (Å²) in [5, 5.41) is 0.905. The Bertz CT molecular complexity index is 257. The van der Waals surface area contributed by atoms with Crippen LogP contribution in [-0.2, 0) is 0 Å². The van der Waals surface area contributed by atoms with Crippen molar-refractivity contribution in [3.63, 3.8) is 0 Å². The second kappa shape index (κ2) is 3.93. The van der Waals surface area contributed by atoms with Crippen LogP contribution >= 0.6 is 31.9 Å². The minimum Gasteiger partial charge on any atom is -0.0876 e. The second-order valence-corrected chi connectivity index (χ2v) is 5.01. The second-order valence-electron chi connectivity index (χ2n) is 3.54. The molecule has 0 aromatic rings. The van der Waals surface area contributed by atoms with E-state index >= 15 is 0 Å². The van der Waals surface area contributed by atoms with E-state index in [2.05, 4.69) is 70.0 Å². The molecule has 0 aliphatic heterocycles. The maximum absolute atomic E-state index is 3.52. The highest BCUT2D eigenvalue weighted by molar-refractivity contribution is 9.12. The average Bonchev–Trinajstić information content (AvgIpc) is 2.07. The van der Waals surface area contributed by atoms with Crippen LogP contribution in [0.1, 0.15) is 13.8 Å². The van der Waals surface area contributed by atoms with Crippen LogP contribution in [0, 0.1) is 5.41 Å². The van der Waals surface area contributed by atoms with Gasteiger partial charge >= 0.3 is 0 Å². The lowest BCUT2D eigenvalue weighted by molar-refractivity contribution is 0.626. The summed E-state index contributed by atoms with van der Waals surface area (Å²) in [5.41, 5.74) is 1.45. The summed E-state index contributed by atoms with van der Waals surface area (Å²) in [4.78, 5) is 0. The number of halogens is 2. The molecule has 12 heavy (non-hydrogen) atoms. The lowest BCUT2D eigenvalue weighted by atomic mass is 9.93. The van der Waals surface area contributed by atoms with E-state index < -0.39 is 0 Å². The molecule has 0 amide bonds. The third-order valence-corrected chi connectivity index (χ3v) is 2.82. The molecule has 0 unspecified atom stereocenters. The first-order chi connectivity index (χ1) is 5.53. The van der Waals surface area contributed by atoms with E-state index in [1.54, 1.807) is 0 Å². The van der Waals surface area contributed by atoms with Crippen LogP contribution < -0.4 is 0 Å². The quantitative estimate of drug-likeness (QED) is 0.636. The van der Waals surface area contributed by atoms with E-state index in [-0.39, 0.29) is 5.41 Å². The van der Waals surface area contributed by atoms with Crippen molar-refractivity contribution in [3.05, 3.63) is 34.4 Å². The predicted octanol–water partition coefficient (Wildman–Crippen LogP) is 4.18. The molecule has 0 aromatic heterocycles. The Labute approximate surface area is 90.7 Å². The maximum atomic E-state index is 3.52. The summed E-state index contributed by atoms with van der Waals surface area (Å²) < 4.78 is 1.16. The zero-order valence-corrected chi connectivity index (χ0v) is 10.4. The highest BCUT2D eigenvalue weighted by Gasteiger charge is 2.12. The zero-order chi connectivity index (χ0) is 9.19. The first-order valence-corrected chi connectivity index (χ1v) is 5.79. The summed E-state index contributed by atoms with van der Waals surface area (Å²) in [5.74, 6) is 0. The molecule has 0 aromatic carbocycles. The Balaban J connectivity index is 2.98. The van der Waals surface area contributed by atoms with Crippen LogP contribution in [0.2, 0.25) is 0 Å². The van der Waals surface area contributed by atoms with Gasteiger partial charge in [-0.05, 0) is 11.6 Å². The summed E-state index contributed by atoms with van der Waals surface area (Å²) in [7, 11) is 0. The molecule has 0 N–H and O–H groups in total. The highest BCUT2D eigenvalue weighted by atomic mass is 79.9. The molecule has 0 atom stereocenters. The van der Waals surface area contributed by atoms with Crippen molar-refractivity contribution in [2.24, 2.45) is 5.41 Å². The zero-order valence-electron chi connectivity index (χ0n) is 7.27. The van der Waals surface area contributed by atoms with Crippen molar-refractivity contribution in [2.45, 2.75) is 13.8 Å². The minimum absolute atomic E-state index is 0.152. The first kappa shape index (κ1) is 10.3. The fourth-order valence-corrected chi connectivity index (χ4v) is 2.31. The number of rotatable bonds is 1. The van der Waals surface area contributed by atoms with Crippen LogP contribution in [0.5, 0.6) is 0 Å². The smallest absolute Gasteiger partial charge is 0.0283 e. The molecule has 1 aliphatic rings. The van der Waals surface area contributed by atoms with Gasteiger partial charge in [0.2, 0.25) is 0 Å². The number of alkyl halides is 1. The summed E-state index contributed by atoms with van der Waals surface area (Å²) in [6.07, 6.45) is 8.73. The Hall–Kier alpha value is 0.180. The lowest BCUT2D eigenvalue weighted by Crippen LogP contribution is -2.01. The Morgan fingerprint density at radius 3 is 2.67 bits per heavy atom. The standard InChI is InChI=1S/C10H12Br2/c1-10(2)4-3-8(7-11)5-9(12)6-10/h3-6H,7H2,1-2H3. The topological polar surface area (TPSA) is 0 Å². The van der Waals surface area contributed by atoms with Gasteiger partial charge in [0.15, 0.2) is 0 Å². The third-order valence-electron chi connectivity index (χ3n) is 1.71. The highest BCUT2D eigenvalue weighted by Crippen LogP contribution is 2.28. The molecule has 0 spiro atoms. The fourth-order valence-electron chi connectivity index (χ4n) is 1.08. The van der Waals surface area contributed by atoms with E-state index in [4.69, 9.17) is 0 Å². The Morgan fingerprint density at radius 1 is 1.42 bits per heavy atom. The van der Waals surface area contributed by atoms with Crippen LogP contribution in [0.25, 0.3) is 0 Å². The van der Waals surface area contributed by atoms with E-state index in [1.165, 1.54) is 5.57 Å². The average molecular weight is 292 g/mol. The van der Waals surface area contributed by atoms with Gasteiger partial charge in [-0.2, -0.15) is 0 Å². The summed E-state index contributed by atoms with van der Waals surface area (Å²) >= 11 is 6.96.